The number of ether oxygens (including phenoxy) is 2. The normalized spacial score (nSPS) is 11.9. The van der Waals surface area contributed by atoms with Crippen LogP contribution in [0.4, 0.5) is 11.4 Å². The van der Waals surface area contributed by atoms with Gasteiger partial charge >= 0.3 is 0 Å². The minimum atomic E-state index is -0.845. The summed E-state index contributed by atoms with van der Waals surface area (Å²) in [6.07, 6.45) is -0.845. The number of non-ortho nitro benzene ring substituents is 1. The Hall–Kier alpha value is -4.07. The average molecular weight is 406 g/mol. The number of amides is 1. The van der Waals surface area contributed by atoms with E-state index in [2.05, 4.69) is 5.32 Å². The third-order valence-corrected chi connectivity index (χ3v) is 4.69. The first-order valence-corrected chi connectivity index (χ1v) is 9.17. The van der Waals surface area contributed by atoms with Crippen LogP contribution in [-0.2, 0) is 4.79 Å². The summed E-state index contributed by atoms with van der Waals surface area (Å²) in [4.78, 5) is 22.9. The third kappa shape index (κ3) is 3.62. The van der Waals surface area contributed by atoms with Crippen molar-refractivity contribution in [2.24, 2.45) is 0 Å². The highest BCUT2D eigenvalue weighted by Crippen LogP contribution is 2.36. The number of hydrogen-bond acceptors (Lipinski definition) is 6. The Balaban J connectivity index is 1.55. The number of nitrogens with zero attached hydrogens (tertiary/aromatic N) is 1. The summed E-state index contributed by atoms with van der Waals surface area (Å²) < 4.78 is 16.9. The molecule has 8 heteroatoms. The number of para-hydroxylation sites is 1. The zero-order valence-electron chi connectivity index (χ0n) is 16.2. The van der Waals surface area contributed by atoms with Crippen molar-refractivity contribution < 1.29 is 23.6 Å². The van der Waals surface area contributed by atoms with Crippen molar-refractivity contribution in [2.45, 2.75) is 13.0 Å². The summed E-state index contributed by atoms with van der Waals surface area (Å²) in [5.41, 5.74) is 1.76. The minimum absolute atomic E-state index is 0.0525. The van der Waals surface area contributed by atoms with Gasteiger partial charge in [0.25, 0.3) is 11.6 Å². The molecule has 0 bridgehead atoms. The highest BCUT2D eigenvalue weighted by Gasteiger charge is 2.19. The second-order valence-electron chi connectivity index (χ2n) is 6.65. The molecule has 1 unspecified atom stereocenters. The Kier molecular flexibility index (Phi) is 4.97. The topological polar surface area (TPSA) is 104 Å². The third-order valence-electron chi connectivity index (χ3n) is 4.69. The SMILES string of the molecule is COc1cc2c(cc1NC(=O)C(C)Oc1ccc([N+](=O)[O-])cc1)oc1ccccc12. The van der Waals surface area contributed by atoms with E-state index in [1.807, 2.05) is 30.3 Å². The van der Waals surface area contributed by atoms with Gasteiger partial charge in [0.1, 0.15) is 22.7 Å². The second kappa shape index (κ2) is 7.75. The van der Waals surface area contributed by atoms with Crippen LogP contribution in [0.15, 0.2) is 65.1 Å². The maximum absolute atomic E-state index is 12.6. The van der Waals surface area contributed by atoms with Gasteiger partial charge in [0.2, 0.25) is 0 Å². The lowest BCUT2D eigenvalue weighted by Gasteiger charge is -2.16. The van der Waals surface area contributed by atoms with Crippen molar-refractivity contribution in [2.75, 3.05) is 12.4 Å². The number of furan rings is 1. The maximum Gasteiger partial charge on any atom is 0.269 e. The van der Waals surface area contributed by atoms with Crippen molar-refractivity contribution in [1.82, 2.24) is 0 Å². The molecule has 0 aliphatic carbocycles. The molecule has 30 heavy (non-hydrogen) atoms. The van der Waals surface area contributed by atoms with Crippen molar-refractivity contribution >= 4 is 39.2 Å². The Morgan fingerprint density at radius 1 is 1.07 bits per heavy atom. The molecule has 152 valence electrons. The van der Waals surface area contributed by atoms with Crippen LogP contribution in [0.3, 0.4) is 0 Å². The number of carbonyl (C=O) groups excluding carboxylic acids is 1. The van der Waals surface area contributed by atoms with E-state index >= 15 is 0 Å². The molecule has 0 fully saturated rings. The molecule has 4 rings (SSSR count). The molecule has 0 radical (unpaired) electrons. The van der Waals surface area contributed by atoms with E-state index < -0.39 is 16.9 Å². The molecule has 4 aromatic rings. The van der Waals surface area contributed by atoms with E-state index in [9.17, 15) is 14.9 Å². The fourth-order valence-electron chi connectivity index (χ4n) is 3.16. The number of hydrogen-bond donors (Lipinski definition) is 1. The van der Waals surface area contributed by atoms with Crippen LogP contribution in [-0.4, -0.2) is 24.0 Å². The summed E-state index contributed by atoms with van der Waals surface area (Å²) in [6, 6.07) is 16.7. The van der Waals surface area contributed by atoms with Gasteiger partial charge in [-0.1, -0.05) is 18.2 Å². The average Bonchev–Trinajstić information content (AvgIpc) is 3.10. The van der Waals surface area contributed by atoms with Crippen LogP contribution in [0.2, 0.25) is 0 Å². The summed E-state index contributed by atoms with van der Waals surface area (Å²) >= 11 is 0. The lowest BCUT2D eigenvalue weighted by molar-refractivity contribution is -0.384. The number of benzene rings is 3. The van der Waals surface area contributed by atoms with E-state index in [1.165, 1.54) is 31.4 Å². The molecular formula is C22H18N2O6. The van der Waals surface area contributed by atoms with Gasteiger partial charge in [0.15, 0.2) is 6.10 Å². The molecule has 0 spiro atoms. The van der Waals surface area contributed by atoms with Crippen LogP contribution in [0.25, 0.3) is 21.9 Å². The molecule has 0 aliphatic heterocycles. The standard InChI is InChI=1S/C22H18N2O6/c1-13(29-15-9-7-14(8-10-15)24(26)27)22(25)23-18-12-20-17(11-21(18)28-2)16-5-3-4-6-19(16)30-20/h3-13H,1-2H3,(H,23,25). The van der Waals surface area contributed by atoms with Gasteiger partial charge < -0.3 is 19.2 Å². The van der Waals surface area contributed by atoms with Crippen LogP contribution < -0.4 is 14.8 Å². The van der Waals surface area contributed by atoms with Crippen molar-refractivity contribution in [3.8, 4) is 11.5 Å². The molecule has 1 amide bonds. The monoisotopic (exact) mass is 406 g/mol. The van der Waals surface area contributed by atoms with E-state index in [4.69, 9.17) is 13.9 Å². The van der Waals surface area contributed by atoms with Crippen LogP contribution in [0.1, 0.15) is 6.92 Å². The Morgan fingerprint density at radius 2 is 1.80 bits per heavy atom. The van der Waals surface area contributed by atoms with Gasteiger partial charge in [-0.2, -0.15) is 0 Å². The summed E-state index contributed by atoms with van der Waals surface area (Å²) in [5.74, 6) is 0.440. The molecule has 3 aromatic carbocycles. The van der Waals surface area contributed by atoms with Crippen LogP contribution >= 0.6 is 0 Å². The Morgan fingerprint density at radius 3 is 2.50 bits per heavy atom. The van der Waals surface area contributed by atoms with Crippen molar-refractivity contribution in [3.63, 3.8) is 0 Å². The largest absolute Gasteiger partial charge is 0.495 e. The first-order chi connectivity index (χ1) is 14.5. The number of fused-ring (bicyclic) bond motifs is 3. The Labute approximate surface area is 171 Å². The predicted octanol–water partition coefficient (Wildman–Crippen LogP) is 4.91. The molecule has 0 aliphatic rings. The summed E-state index contributed by atoms with van der Waals surface area (Å²) in [6.45, 7) is 1.59. The van der Waals surface area contributed by atoms with Crippen molar-refractivity contribution in [1.29, 1.82) is 0 Å². The number of nitro benzene ring substituents is 1. The Bertz CT molecular complexity index is 1250. The molecule has 1 N–H and O–H groups in total. The quantitative estimate of drug-likeness (QED) is 0.360. The smallest absolute Gasteiger partial charge is 0.269 e. The van der Waals surface area contributed by atoms with E-state index in [0.29, 0.717) is 22.8 Å². The molecule has 1 aromatic heterocycles. The fourth-order valence-corrected chi connectivity index (χ4v) is 3.16. The van der Waals surface area contributed by atoms with Gasteiger partial charge in [-0.05, 0) is 31.2 Å². The van der Waals surface area contributed by atoms with Gasteiger partial charge in [0.05, 0.1) is 17.7 Å². The number of methoxy groups -OCH3 is 1. The number of nitro groups is 1. The molecule has 1 atom stereocenters. The fraction of sp³-hybridized carbons (Fsp3) is 0.136. The highest BCUT2D eigenvalue weighted by atomic mass is 16.6. The van der Waals surface area contributed by atoms with Gasteiger partial charge in [-0.15, -0.1) is 0 Å². The highest BCUT2D eigenvalue weighted by molar-refractivity contribution is 6.08. The minimum Gasteiger partial charge on any atom is -0.495 e. The van der Waals surface area contributed by atoms with Crippen LogP contribution in [0.5, 0.6) is 11.5 Å². The number of anilines is 1. The van der Waals surface area contributed by atoms with E-state index in [-0.39, 0.29) is 5.69 Å². The predicted molar refractivity (Wildman–Crippen MR) is 112 cm³/mol. The molecule has 1 heterocycles. The second-order valence-corrected chi connectivity index (χ2v) is 6.65. The van der Waals surface area contributed by atoms with Crippen LogP contribution in [0, 0.1) is 10.1 Å². The molecule has 0 saturated heterocycles. The first-order valence-electron chi connectivity index (χ1n) is 9.17. The zero-order valence-corrected chi connectivity index (χ0v) is 16.2. The van der Waals surface area contributed by atoms with Crippen molar-refractivity contribution in [3.05, 3.63) is 70.8 Å². The number of nitrogens with one attached hydrogen (secondary N) is 1. The first kappa shape index (κ1) is 19.3. The molecular weight excluding hydrogens is 388 g/mol. The van der Waals surface area contributed by atoms with Gasteiger partial charge in [-0.3, -0.25) is 14.9 Å². The van der Waals surface area contributed by atoms with Gasteiger partial charge in [0, 0.05) is 29.0 Å². The lowest BCUT2D eigenvalue weighted by Crippen LogP contribution is -2.30. The number of carbonyl (C=O) groups is 1. The maximum atomic E-state index is 12.6. The van der Waals surface area contributed by atoms with E-state index in [0.717, 1.165) is 16.4 Å². The molecule has 0 saturated carbocycles. The van der Waals surface area contributed by atoms with Gasteiger partial charge in [-0.25, -0.2) is 0 Å². The lowest BCUT2D eigenvalue weighted by atomic mass is 10.1. The molecule has 8 nitrogen and oxygen atoms in total. The zero-order chi connectivity index (χ0) is 21.3. The summed E-state index contributed by atoms with van der Waals surface area (Å²) in [5, 5.41) is 15.4. The van der Waals surface area contributed by atoms with E-state index in [1.54, 1.807) is 13.0 Å². The number of rotatable bonds is 6. The summed E-state index contributed by atoms with van der Waals surface area (Å²) in [7, 11) is 1.52.